The highest BCUT2D eigenvalue weighted by atomic mass is 16.1. The Bertz CT molecular complexity index is 664. The lowest BCUT2D eigenvalue weighted by Crippen LogP contribution is -2.33. The fourth-order valence-electron chi connectivity index (χ4n) is 3.02. The minimum absolute atomic E-state index is 0.0414. The highest BCUT2D eigenvalue weighted by Crippen LogP contribution is 2.21. The van der Waals surface area contributed by atoms with Gasteiger partial charge in [0.2, 0.25) is 5.91 Å². The normalized spacial score (nSPS) is 15.2. The highest BCUT2D eigenvalue weighted by molar-refractivity contribution is 5.76. The largest absolute Gasteiger partial charge is 0.357 e. The fraction of sp³-hybridized carbons (Fsp3) is 0.450. The molecule has 0 aliphatic carbocycles. The van der Waals surface area contributed by atoms with Crippen LogP contribution in [0.25, 0.3) is 0 Å². The van der Waals surface area contributed by atoms with Crippen molar-refractivity contribution >= 4 is 11.7 Å². The summed E-state index contributed by atoms with van der Waals surface area (Å²) in [6.07, 6.45) is 7.20. The number of amides is 1. The third kappa shape index (κ3) is 5.28. The average Bonchev–Trinajstić information content (AvgIpc) is 2.67. The Morgan fingerprint density at radius 3 is 2.72 bits per heavy atom. The first kappa shape index (κ1) is 17.4. The standard InChI is InChI=1S/C20H26N4O/c1-16-9-12-24(13-10-16)19-7-5-17(14-22-19)15-23-20(25)8-6-18-4-2-3-11-21-18/h2-5,7,11,14,16H,6,8-10,12-13,15H2,1H3,(H,23,25). The van der Waals surface area contributed by atoms with Crippen molar-refractivity contribution in [3.63, 3.8) is 0 Å². The van der Waals surface area contributed by atoms with E-state index in [0.29, 0.717) is 19.4 Å². The van der Waals surface area contributed by atoms with Gasteiger partial charge in [-0.2, -0.15) is 0 Å². The van der Waals surface area contributed by atoms with Gasteiger partial charge in [0.1, 0.15) is 5.82 Å². The molecule has 5 heteroatoms. The molecule has 0 saturated carbocycles. The van der Waals surface area contributed by atoms with Crippen molar-refractivity contribution in [3.05, 3.63) is 54.0 Å². The maximum Gasteiger partial charge on any atom is 0.220 e. The zero-order valence-electron chi connectivity index (χ0n) is 14.8. The molecule has 2 aromatic rings. The van der Waals surface area contributed by atoms with Crippen molar-refractivity contribution < 1.29 is 4.79 Å². The summed E-state index contributed by atoms with van der Waals surface area (Å²) in [6.45, 7) is 4.99. The third-order valence-corrected chi connectivity index (χ3v) is 4.74. The van der Waals surface area contributed by atoms with Crippen molar-refractivity contribution in [2.24, 2.45) is 5.92 Å². The number of hydrogen-bond donors (Lipinski definition) is 1. The molecule has 0 unspecified atom stereocenters. The molecule has 1 N–H and O–H groups in total. The van der Waals surface area contributed by atoms with Gasteiger partial charge in [-0.05, 0) is 48.9 Å². The van der Waals surface area contributed by atoms with Crippen LogP contribution in [0.5, 0.6) is 0 Å². The van der Waals surface area contributed by atoms with E-state index in [2.05, 4.69) is 39.2 Å². The Morgan fingerprint density at radius 1 is 1.20 bits per heavy atom. The van der Waals surface area contributed by atoms with Gasteiger partial charge in [-0.15, -0.1) is 0 Å². The van der Waals surface area contributed by atoms with E-state index in [0.717, 1.165) is 36.1 Å². The Morgan fingerprint density at radius 2 is 2.04 bits per heavy atom. The van der Waals surface area contributed by atoms with Crippen LogP contribution in [0.1, 0.15) is 37.4 Å². The lowest BCUT2D eigenvalue weighted by molar-refractivity contribution is -0.121. The number of aromatic nitrogens is 2. The van der Waals surface area contributed by atoms with Crippen molar-refractivity contribution in [2.75, 3.05) is 18.0 Å². The van der Waals surface area contributed by atoms with Crippen LogP contribution in [-0.4, -0.2) is 29.0 Å². The highest BCUT2D eigenvalue weighted by Gasteiger charge is 2.16. The number of anilines is 1. The lowest BCUT2D eigenvalue weighted by atomic mass is 9.99. The minimum atomic E-state index is 0.0414. The zero-order chi connectivity index (χ0) is 17.5. The molecule has 1 fully saturated rings. The number of carbonyl (C=O) groups is 1. The third-order valence-electron chi connectivity index (χ3n) is 4.74. The number of nitrogens with one attached hydrogen (secondary N) is 1. The van der Waals surface area contributed by atoms with Crippen molar-refractivity contribution in [1.29, 1.82) is 0 Å². The van der Waals surface area contributed by atoms with E-state index in [4.69, 9.17) is 0 Å². The van der Waals surface area contributed by atoms with Crippen molar-refractivity contribution in [3.8, 4) is 0 Å². The summed E-state index contributed by atoms with van der Waals surface area (Å²) in [6, 6.07) is 9.88. The van der Waals surface area contributed by atoms with Crippen LogP contribution in [0.15, 0.2) is 42.7 Å². The minimum Gasteiger partial charge on any atom is -0.357 e. The number of carbonyl (C=O) groups excluding carboxylic acids is 1. The van der Waals surface area contributed by atoms with Crippen molar-refractivity contribution in [1.82, 2.24) is 15.3 Å². The number of rotatable bonds is 6. The summed E-state index contributed by atoms with van der Waals surface area (Å²) < 4.78 is 0. The summed E-state index contributed by atoms with van der Waals surface area (Å²) in [5.74, 6) is 1.90. The summed E-state index contributed by atoms with van der Waals surface area (Å²) >= 11 is 0. The second kappa shape index (κ2) is 8.60. The molecule has 0 spiro atoms. The van der Waals surface area contributed by atoms with E-state index in [9.17, 15) is 4.79 Å². The molecule has 132 valence electrons. The molecule has 1 aliphatic heterocycles. The van der Waals surface area contributed by atoms with Crippen LogP contribution in [-0.2, 0) is 17.8 Å². The molecule has 5 nitrogen and oxygen atoms in total. The van der Waals surface area contributed by atoms with Gasteiger partial charge in [-0.25, -0.2) is 4.98 Å². The number of piperidine rings is 1. The quantitative estimate of drug-likeness (QED) is 0.880. The Hall–Kier alpha value is -2.43. The SMILES string of the molecule is CC1CCN(c2ccc(CNC(=O)CCc3ccccn3)cn2)CC1. The first-order valence-electron chi connectivity index (χ1n) is 9.07. The molecule has 0 radical (unpaired) electrons. The Kier molecular flexibility index (Phi) is 5.99. The molecule has 3 rings (SSSR count). The maximum absolute atomic E-state index is 12.0. The van der Waals surface area contributed by atoms with Crippen LogP contribution in [0, 0.1) is 5.92 Å². The van der Waals surface area contributed by atoms with E-state index in [-0.39, 0.29) is 5.91 Å². The van der Waals surface area contributed by atoms with Gasteiger partial charge in [0, 0.05) is 44.1 Å². The molecule has 1 amide bonds. The van der Waals surface area contributed by atoms with Gasteiger partial charge in [-0.3, -0.25) is 9.78 Å². The predicted octanol–water partition coefficient (Wildman–Crippen LogP) is 2.96. The van der Waals surface area contributed by atoms with E-state index in [1.54, 1.807) is 6.20 Å². The first-order chi connectivity index (χ1) is 12.2. The Balaban J connectivity index is 1.43. The van der Waals surface area contributed by atoms with E-state index in [1.807, 2.05) is 24.4 Å². The molecule has 0 atom stereocenters. The topological polar surface area (TPSA) is 58.1 Å². The van der Waals surface area contributed by atoms with Crippen LogP contribution in [0.2, 0.25) is 0 Å². The monoisotopic (exact) mass is 338 g/mol. The maximum atomic E-state index is 12.0. The van der Waals surface area contributed by atoms with E-state index < -0.39 is 0 Å². The summed E-state index contributed by atoms with van der Waals surface area (Å²) in [4.78, 5) is 23.1. The second-order valence-corrected chi connectivity index (χ2v) is 6.79. The van der Waals surface area contributed by atoms with E-state index >= 15 is 0 Å². The zero-order valence-corrected chi connectivity index (χ0v) is 14.8. The van der Waals surface area contributed by atoms with Crippen LogP contribution in [0.3, 0.4) is 0 Å². The molecular formula is C20H26N4O. The Labute approximate surface area is 149 Å². The number of aryl methyl sites for hydroxylation is 1. The fourth-order valence-corrected chi connectivity index (χ4v) is 3.02. The van der Waals surface area contributed by atoms with Crippen molar-refractivity contribution in [2.45, 2.75) is 39.2 Å². The first-order valence-corrected chi connectivity index (χ1v) is 9.07. The molecule has 1 saturated heterocycles. The number of hydrogen-bond acceptors (Lipinski definition) is 4. The summed E-state index contributed by atoms with van der Waals surface area (Å²) in [5, 5.41) is 2.95. The van der Waals surface area contributed by atoms with Crippen LogP contribution >= 0.6 is 0 Å². The molecule has 0 aromatic carbocycles. The van der Waals surface area contributed by atoms with E-state index in [1.165, 1.54) is 12.8 Å². The second-order valence-electron chi connectivity index (χ2n) is 6.79. The van der Waals surface area contributed by atoms with Crippen LogP contribution in [0.4, 0.5) is 5.82 Å². The van der Waals surface area contributed by atoms with Gasteiger partial charge in [0.25, 0.3) is 0 Å². The molecule has 2 aromatic heterocycles. The molecule has 1 aliphatic rings. The number of pyridine rings is 2. The lowest BCUT2D eigenvalue weighted by Gasteiger charge is -2.31. The smallest absolute Gasteiger partial charge is 0.220 e. The van der Waals surface area contributed by atoms with Gasteiger partial charge in [-0.1, -0.05) is 19.1 Å². The average molecular weight is 338 g/mol. The summed E-state index contributed by atoms with van der Waals surface area (Å²) in [5.41, 5.74) is 1.97. The van der Waals surface area contributed by atoms with Crippen LogP contribution < -0.4 is 10.2 Å². The summed E-state index contributed by atoms with van der Waals surface area (Å²) in [7, 11) is 0. The van der Waals surface area contributed by atoms with Gasteiger partial charge < -0.3 is 10.2 Å². The van der Waals surface area contributed by atoms with Gasteiger partial charge in [0.05, 0.1) is 0 Å². The number of nitrogens with zero attached hydrogens (tertiary/aromatic N) is 3. The van der Waals surface area contributed by atoms with Gasteiger partial charge >= 0.3 is 0 Å². The molecule has 25 heavy (non-hydrogen) atoms. The molecule has 3 heterocycles. The molecular weight excluding hydrogens is 312 g/mol. The molecule has 0 bridgehead atoms. The van der Waals surface area contributed by atoms with Gasteiger partial charge in [0.15, 0.2) is 0 Å². The predicted molar refractivity (Wildman–Crippen MR) is 99.3 cm³/mol.